The zero-order chi connectivity index (χ0) is 15.4. The van der Waals surface area contributed by atoms with Crippen LogP contribution in [0.3, 0.4) is 0 Å². The molecule has 1 aromatic carbocycles. The highest BCUT2D eigenvalue weighted by Crippen LogP contribution is 2.31. The molecule has 1 N–H and O–H groups in total. The Morgan fingerprint density at radius 1 is 1.32 bits per heavy atom. The highest BCUT2D eigenvalue weighted by molar-refractivity contribution is 7.99. The van der Waals surface area contributed by atoms with Gasteiger partial charge in [-0.1, -0.05) is 29.8 Å². The van der Waals surface area contributed by atoms with Crippen molar-refractivity contribution in [2.75, 3.05) is 24.6 Å². The third-order valence-electron chi connectivity index (χ3n) is 4.70. The van der Waals surface area contributed by atoms with Gasteiger partial charge in [-0.3, -0.25) is 4.79 Å². The fourth-order valence-electron chi connectivity index (χ4n) is 3.44. The maximum absolute atomic E-state index is 12.8. The predicted molar refractivity (Wildman–Crippen MR) is 93.2 cm³/mol. The first-order valence-electron chi connectivity index (χ1n) is 8.41. The van der Waals surface area contributed by atoms with Crippen LogP contribution in [0.25, 0.3) is 0 Å². The first kappa shape index (κ1) is 15.9. The number of carbonyl (C=O) groups is 1. The number of thioether (sulfide) groups is 1. The van der Waals surface area contributed by atoms with Crippen LogP contribution in [-0.4, -0.2) is 41.4 Å². The molecule has 2 fully saturated rings. The Kier molecular flexibility index (Phi) is 5.42. The molecule has 4 heteroatoms. The summed E-state index contributed by atoms with van der Waals surface area (Å²) in [6.45, 7) is 4.06. The molecule has 2 aliphatic heterocycles. The number of nitrogens with zero attached hydrogens (tertiary/aromatic N) is 1. The Bertz CT molecular complexity index is 496. The highest BCUT2D eigenvalue weighted by atomic mass is 32.2. The third-order valence-corrected chi connectivity index (χ3v) is 5.84. The van der Waals surface area contributed by atoms with Gasteiger partial charge in [0, 0.05) is 37.1 Å². The van der Waals surface area contributed by atoms with Crippen molar-refractivity contribution in [2.24, 2.45) is 0 Å². The van der Waals surface area contributed by atoms with Crippen LogP contribution in [0.5, 0.6) is 0 Å². The molecule has 2 heterocycles. The summed E-state index contributed by atoms with van der Waals surface area (Å²) in [5, 5.41) is 3.48. The molecule has 0 aliphatic carbocycles. The molecule has 2 saturated heterocycles. The molecule has 1 amide bonds. The van der Waals surface area contributed by atoms with Crippen molar-refractivity contribution < 1.29 is 4.79 Å². The van der Waals surface area contributed by atoms with Crippen LogP contribution in [0, 0.1) is 6.92 Å². The van der Waals surface area contributed by atoms with Crippen molar-refractivity contribution in [3.05, 3.63) is 35.4 Å². The average Bonchev–Trinajstić information content (AvgIpc) is 2.56. The van der Waals surface area contributed by atoms with Gasteiger partial charge in [0.2, 0.25) is 5.91 Å². The molecule has 3 nitrogen and oxygen atoms in total. The zero-order valence-electron chi connectivity index (χ0n) is 13.4. The standard InChI is InChI=1S/C18H26N2OS/c1-14-5-7-15(8-6-14)17-4-2-3-10-20(17)18(21)12-16-13-22-11-9-19-16/h5-8,16-17,19H,2-4,9-13H2,1H3. The van der Waals surface area contributed by atoms with Gasteiger partial charge in [-0.25, -0.2) is 0 Å². The summed E-state index contributed by atoms with van der Waals surface area (Å²) in [6.07, 6.45) is 4.11. The minimum absolute atomic E-state index is 0.276. The lowest BCUT2D eigenvalue weighted by Gasteiger charge is -2.37. The Morgan fingerprint density at radius 3 is 2.86 bits per heavy atom. The van der Waals surface area contributed by atoms with Crippen LogP contribution in [0.15, 0.2) is 24.3 Å². The number of likely N-dealkylation sites (tertiary alicyclic amines) is 1. The number of rotatable bonds is 3. The van der Waals surface area contributed by atoms with Crippen molar-refractivity contribution in [3.63, 3.8) is 0 Å². The van der Waals surface area contributed by atoms with E-state index in [1.165, 1.54) is 23.3 Å². The summed E-state index contributed by atoms with van der Waals surface area (Å²) in [4.78, 5) is 14.9. The fourth-order valence-corrected chi connectivity index (χ4v) is 4.39. The summed E-state index contributed by atoms with van der Waals surface area (Å²) in [5.74, 6) is 2.56. The molecule has 120 valence electrons. The maximum atomic E-state index is 12.8. The molecular weight excluding hydrogens is 292 g/mol. The molecule has 2 aliphatic rings. The van der Waals surface area contributed by atoms with Gasteiger partial charge in [-0.2, -0.15) is 11.8 Å². The summed E-state index contributed by atoms with van der Waals surface area (Å²) < 4.78 is 0. The highest BCUT2D eigenvalue weighted by Gasteiger charge is 2.29. The second kappa shape index (κ2) is 7.51. The van der Waals surface area contributed by atoms with Gasteiger partial charge in [-0.15, -0.1) is 0 Å². The minimum atomic E-state index is 0.276. The maximum Gasteiger partial charge on any atom is 0.224 e. The van der Waals surface area contributed by atoms with Gasteiger partial charge >= 0.3 is 0 Å². The largest absolute Gasteiger partial charge is 0.336 e. The SMILES string of the molecule is Cc1ccc(C2CCCCN2C(=O)CC2CSCCN2)cc1. The number of aryl methyl sites for hydroxylation is 1. The molecule has 0 saturated carbocycles. The second-order valence-electron chi connectivity index (χ2n) is 6.44. The fraction of sp³-hybridized carbons (Fsp3) is 0.611. The van der Waals surface area contributed by atoms with Crippen molar-refractivity contribution in [1.29, 1.82) is 0 Å². The van der Waals surface area contributed by atoms with Crippen molar-refractivity contribution in [3.8, 4) is 0 Å². The van der Waals surface area contributed by atoms with Crippen LogP contribution >= 0.6 is 11.8 Å². The normalized spacial score (nSPS) is 26.0. The number of carbonyl (C=O) groups excluding carboxylic acids is 1. The van der Waals surface area contributed by atoms with Crippen LogP contribution in [-0.2, 0) is 4.79 Å². The van der Waals surface area contributed by atoms with E-state index in [1.807, 2.05) is 11.8 Å². The number of nitrogens with one attached hydrogen (secondary N) is 1. The number of amides is 1. The van der Waals surface area contributed by atoms with E-state index in [-0.39, 0.29) is 6.04 Å². The molecule has 2 atom stereocenters. The molecule has 2 unspecified atom stereocenters. The monoisotopic (exact) mass is 318 g/mol. The topological polar surface area (TPSA) is 32.3 Å². The van der Waals surface area contributed by atoms with Gasteiger partial charge < -0.3 is 10.2 Å². The van der Waals surface area contributed by atoms with E-state index in [0.29, 0.717) is 18.4 Å². The summed E-state index contributed by atoms with van der Waals surface area (Å²) in [5.41, 5.74) is 2.57. The summed E-state index contributed by atoms with van der Waals surface area (Å²) >= 11 is 1.96. The van der Waals surface area contributed by atoms with Crippen LogP contribution < -0.4 is 5.32 Å². The lowest BCUT2D eigenvalue weighted by Crippen LogP contribution is -2.45. The summed E-state index contributed by atoms with van der Waals surface area (Å²) in [6, 6.07) is 9.34. The van der Waals surface area contributed by atoms with Gasteiger partial charge in [0.1, 0.15) is 0 Å². The van der Waals surface area contributed by atoms with Gasteiger partial charge in [-0.05, 0) is 31.7 Å². The van der Waals surface area contributed by atoms with Crippen molar-refractivity contribution >= 4 is 17.7 Å². The number of benzene rings is 1. The zero-order valence-corrected chi connectivity index (χ0v) is 14.2. The van der Waals surface area contributed by atoms with E-state index in [4.69, 9.17) is 0 Å². The van der Waals surface area contributed by atoms with Crippen LogP contribution in [0.1, 0.15) is 42.9 Å². The molecule has 22 heavy (non-hydrogen) atoms. The molecular formula is C18H26N2OS. The van der Waals surface area contributed by atoms with Gasteiger partial charge in [0.25, 0.3) is 0 Å². The minimum Gasteiger partial charge on any atom is -0.336 e. The lowest BCUT2D eigenvalue weighted by atomic mass is 9.94. The number of hydrogen-bond acceptors (Lipinski definition) is 3. The molecule has 0 bridgehead atoms. The van der Waals surface area contributed by atoms with Crippen LogP contribution in [0.4, 0.5) is 0 Å². The predicted octanol–water partition coefficient (Wildman–Crippen LogP) is 3.14. The smallest absolute Gasteiger partial charge is 0.224 e. The van der Waals surface area contributed by atoms with Crippen molar-refractivity contribution in [1.82, 2.24) is 10.2 Å². The van der Waals surface area contributed by atoms with E-state index in [9.17, 15) is 4.79 Å². The first-order chi connectivity index (χ1) is 10.7. The molecule has 0 spiro atoms. The Labute approximate surface area is 137 Å². The Balaban J connectivity index is 1.68. The van der Waals surface area contributed by atoms with E-state index < -0.39 is 0 Å². The Morgan fingerprint density at radius 2 is 2.14 bits per heavy atom. The lowest BCUT2D eigenvalue weighted by molar-refractivity contribution is -0.135. The number of piperidine rings is 1. The molecule has 3 rings (SSSR count). The first-order valence-corrected chi connectivity index (χ1v) is 9.56. The molecule has 1 aromatic rings. The van der Waals surface area contributed by atoms with E-state index in [2.05, 4.69) is 41.4 Å². The van der Waals surface area contributed by atoms with Crippen LogP contribution in [0.2, 0.25) is 0 Å². The third kappa shape index (κ3) is 3.85. The van der Waals surface area contributed by atoms with Gasteiger partial charge in [0.15, 0.2) is 0 Å². The quantitative estimate of drug-likeness (QED) is 0.929. The summed E-state index contributed by atoms with van der Waals surface area (Å²) in [7, 11) is 0. The second-order valence-corrected chi connectivity index (χ2v) is 7.59. The Hall–Kier alpha value is -1.00. The van der Waals surface area contributed by atoms with E-state index in [0.717, 1.165) is 31.7 Å². The average molecular weight is 318 g/mol. The number of hydrogen-bond donors (Lipinski definition) is 1. The van der Waals surface area contributed by atoms with E-state index in [1.54, 1.807) is 0 Å². The van der Waals surface area contributed by atoms with E-state index >= 15 is 0 Å². The van der Waals surface area contributed by atoms with Crippen molar-refractivity contribution in [2.45, 2.75) is 44.7 Å². The molecule has 0 radical (unpaired) electrons. The van der Waals surface area contributed by atoms with Gasteiger partial charge in [0.05, 0.1) is 6.04 Å². The molecule has 0 aromatic heterocycles.